The summed E-state index contributed by atoms with van der Waals surface area (Å²) < 4.78 is 56.0. The number of hydrogen-bond donors (Lipinski definition) is 2. The largest absolute Gasteiger partial charge is 0.606 e. The number of carboxylic acids is 2. The zero-order chi connectivity index (χ0) is 60.9. The van der Waals surface area contributed by atoms with E-state index in [1.54, 1.807) is 28.4 Å². The van der Waals surface area contributed by atoms with E-state index < -0.39 is 23.1 Å². The van der Waals surface area contributed by atoms with Crippen LogP contribution in [0, 0.1) is 13.8 Å². The molecule has 15 nitrogen and oxygen atoms in total. The summed E-state index contributed by atoms with van der Waals surface area (Å²) in [5.74, 6) is 1.17. The van der Waals surface area contributed by atoms with Crippen molar-refractivity contribution in [2.75, 3.05) is 81.9 Å². The maximum Gasteiger partial charge on any atom is 0.414 e. The van der Waals surface area contributed by atoms with Gasteiger partial charge in [-0.25, -0.2) is 9.59 Å². The number of benzene rings is 6. The molecule has 0 atom stereocenters. The highest BCUT2D eigenvalue weighted by Gasteiger charge is 2.32. The van der Waals surface area contributed by atoms with Crippen molar-refractivity contribution in [2.24, 2.45) is 14.1 Å². The number of carbonyl (C=O) groups is 2. The van der Waals surface area contributed by atoms with Gasteiger partial charge >= 0.3 is 11.9 Å². The second-order valence-electron chi connectivity index (χ2n) is 22.0. The summed E-state index contributed by atoms with van der Waals surface area (Å²) in [6.07, 6.45) is 3.46. The molecule has 2 N–H and O–H groups in total. The molecule has 0 amide bonds. The van der Waals surface area contributed by atoms with E-state index in [0.29, 0.717) is 13.2 Å². The third kappa shape index (κ3) is 14.8. The van der Waals surface area contributed by atoms with Crippen LogP contribution in [0.15, 0.2) is 119 Å². The molecule has 0 aliphatic rings. The van der Waals surface area contributed by atoms with Crippen LogP contribution in [-0.2, 0) is 47.7 Å². The number of aryl methyl sites for hydroxylation is 4. The van der Waals surface area contributed by atoms with Crippen molar-refractivity contribution in [3.05, 3.63) is 143 Å². The standard InChI is InChI=1S/C66H82N4O7S.C2H2O4/c1-43(2)61-51-21-15-19-45(5)63(51)69(9)65(61)53-41-49(76-37-17-33-67(7)35-31-47-23-27-55(72-11)57(39-47)74-13)25-29-59(53)78(71)60-30-26-50(42-54(60)66-62(44(3)4)52-22-16-20-46(6)64(52)70(66)10)77-38-18-34-68(8)36-32-48-24-28-56(73-12)58(40-48)75-14;3-1(4)2(5)6/h15-16,19-30,39-44H,17-18,31-38H2,1-14H3;(H,3,4)(H,5,6). The van der Waals surface area contributed by atoms with E-state index >= 15 is 4.55 Å². The number of carboxylic acid groups (broad SMARTS) is 2. The van der Waals surface area contributed by atoms with E-state index in [1.165, 1.54) is 55.2 Å². The van der Waals surface area contributed by atoms with Crippen LogP contribution in [0.25, 0.3) is 44.3 Å². The summed E-state index contributed by atoms with van der Waals surface area (Å²) in [7, 11) is 15.3. The topological polar surface area (TPSA) is 169 Å². The van der Waals surface area contributed by atoms with Crippen molar-refractivity contribution in [1.29, 1.82) is 0 Å². The summed E-state index contributed by atoms with van der Waals surface area (Å²) >= 11 is -1.65. The monoisotopic (exact) mass is 1160 g/mol. The van der Waals surface area contributed by atoms with Crippen molar-refractivity contribution in [3.8, 4) is 57.0 Å². The Morgan fingerprint density at radius 2 is 0.917 bits per heavy atom. The highest BCUT2D eigenvalue weighted by atomic mass is 32.2. The van der Waals surface area contributed by atoms with Crippen molar-refractivity contribution < 1.29 is 52.8 Å². The van der Waals surface area contributed by atoms with E-state index in [0.717, 1.165) is 119 Å². The summed E-state index contributed by atoms with van der Waals surface area (Å²) in [6.45, 7) is 18.0. The van der Waals surface area contributed by atoms with E-state index in [2.05, 4.69) is 161 Å². The molecular formula is C68H84N4O11S. The van der Waals surface area contributed by atoms with Gasteiger partial charge in [0.25, 0.3) is 0 Å². The first-order valence-electron chi connectivity index (χ1n) is 28.6. The minimum Gasteiger partial charge on any atom is -0.606 e. The SMILES string of the molecule is COc1ccc(CCN(C)CCCOc2ccc([S+]([O-])c3ccc(OCCCN(C)CCc4ccc(OC)c(OC)c4)cc3-c3c(C(C)C)c4cccc(C)c4n3C)c(-c3c(C(C)C)c4cccc(C)c4n3C)c2)cc1OC.O=C(O)C(=O)O. The van der Waals surface area contributed by atoms with Crippen LogP contribution in [0.5, 0.6) is 34.5 Å². The van der Waals surface area contributed by atoms with Crippen molar-refractivity contribution in [2.45, 2.75) is 88.9 Å². The van der Waals surface area contributed by atoms with Gasteiger partial charge in [0.1, 0.15) is 11.5 Å². The van der Waals surface area contributed by atoms with Crippen LogP contribution >= 0.6 is 0 Å². The quantitative estimate of drug-likeness (QED) is 0.0299. The average molecular weight is 1170 g/mol. The van der Waals surface area contributed by atoms with E-state index in [9.17, 15) is 0 Å². The van der Waals surface area contributed by atoms with Gasteiger partial charge in [-0.2, -0.15) is 0 Å². The number of nitrogens with zero attached hydrogens (tertiary/aromatic N) is 4. The molecule has 0 saturated carbocycles. The molecule has 6 aromatic carbocycles. The molecule has 8 aromatic rings. The van der Waals surface area contributed by atoms with Gasteiger partial charge in [-0.15, -0.1) is 0 Å². The van der Waals surface area contributed by atoms with Gasteiger partial charge in [0.15, 0.2) is 32.8 Å². The van der Waals surface area contributed by atoms with Crippen LogP contribution in [0.4, 0.5) is 0 Å². The maximum absolute atomic E-state index is 16.1. The summed E-state index contributed by atoms with van der Waals surface area (Å²) in [5.41, 5.74) is 13.5. The highest BCUT2D eigenvalue weighted by Crippen LogP contribution is 2.47. The predicted octanol–water partition coefficient (Wildman–Crippen LogP) is 13.1. The molecule has 0 aliphatic carbocycles. The lowest BCUT2D eigenvalue weighted by Gasteiger charge is -2.22. The minimum atomic E-state index is -1.82. The summed E-state index contributed by atoms with van der Waals surface area (Å²) in [4.78, 5) is 24.3. The first-order chi connectivity index (χ1) is 40.2. The number of ether oxygens (including phenoxy) is 6. The lowest BCUT2D eigenvalue weighted by molar-refractivity contribution is -0.159. The predicted molar refractivity (Wildman–Crippen MR) is 336 cm³/mol. The zero-order valence-electron chi connectivity index (χ0n) is 51.4. The molecule has 448 valence electrons. The molecule has 84 heavy (non-hydrogen) atoms. The van der Waals surface area contributed by atoms with E-state index in [-0.39, 0.29) is 11.8 Å². The Labute approximate surface area is 498 Å². The molecular weight excluding hydrogens is 1080 g/mol. The Morgan fingerprint density at radius 1 is 0.536 bits per heavy atom. The number of aliphatic carboxylic acids is 2. The van der Waals surface area contributed by atoms with Gasteiger partial charge in [0.05, 0.1) is 75.2 Å². The Bertz CT molecular complexity index is 3340. The number of para-hydroxylation sites is 2. The van der Waals surface area contributed by atoms with Crippen molar-refractivity contribution in [1.82, 2.24) is 18.9 Å². The van der Waals surface area contributed by atoms with Gasteiger partial charge in [0.2, 0.25) is 0 Å². The van der Waals surface area contributed by atoms with Crippen LogP contribution in [-0.4, -0.2) is 128 Å². The van der Waals surface area contributed by atoms with Gasteiger partial charge in [-0.3, -0.25) is 0 Å². The van der Waals surface area contributed by atoms with Crippen LogP contribution < -0.4 is 28.4 Å². The molecule has 0 fully saturated rings. The molecule has 0 spiro atoms. The van der Waals surface area contributed by atoms with Crippen molar-refractivity contribution >= 4 is 44.9 Å². The molecule has 0 radical (unpaired) electrons. The van der Waals surface area contributed by atoms with E-state index in [4.69, 9.17) is 48.2 Å². The fourth-order valence-corrected chi connectivity index (χ4v) is 12.6. The molecule has 0 saturated heterocycles. The second-order valence-corrected chi connectivity index (χ2v) is 23.4. The van der Waals surface area contributed by atoms with Crippen molar-refractivity contribution in [3.63, 3.8) is 0 Å². The molecule has 0 aliphatic heterocycles. The summed E-state index contributed by atoms with van der Waals surface area (Å²) in [5, 5.41) is 17.2. The number of rotatable bonds is 26. The molecule has 16 heteroatoms. The Kier molecular flexibility index (Phi) is 22.3. The lowest BCUT2D eigenvalue weighted by Crippen LogP contribution is -2.23. The van der Waals surface area contributed by atoms with E-state index in [1.807, 2.05) is 36.4 Å². The fourth-order valence-electron chi connectivity index (χ4n) is 11.3. The van der Waals surface area contributed by atoms with Crippen LogP contribution in [0.3, 0.4) is 0 Å². The van der Waals surface area contributed by atoms with Gasteiger partial charge < -0.3 is 62.1 Å². The number of aromatic nitrogens is 2. The highest BCUT2D eigenvalue weighted by molar-refractivity contribution is 7.91. The molecule has 0 bridgehead atoms. The van der Waals surface area contributed by atoms with Crippen LogP contribution in [0.2, 0.25) is 0 Å². The van der Waals surface area contributed by atoms with Gasteiger partial charge in [0, 0.05) is 62.2 Å². The third-order valence-corrected chi connectivity index (χ3v) is 16.9. The Morgan fingerprint density at radius 3 is 1.26 bits per heavy atom. The third-order valence-electron chi connectivity index (χ3n) is 15.4. The molecule has 2 heterocycles. The number of hydrogen-bond acceptors (Lipinski definition) is 11. The number of fused-ring (bicyclic) bond motifs is 2. The lowest BCUT2D eigenvalue weighted by atomic mass is 9.95. The normalized spacial score (nSPS) is 11.5. The molecule has 2 aromatic heterocycles. The Balaban J connectivity index is 0.00000160. The Hall–Kier alpha value is -7.63. The number of likely N-dealkylation sites (N-methyl/N-ethyl adjacent to an activating group) is 2. The van der Waals surface area contributed by atoms with Gasteiger partial charge in [-0.05, 0) is 160 Å². The minimum absolute atomic E-state index is 0.183. The summed E-state index contributed by atoms with van der Waals surface area (Å²) in [6, 6.07) is 37.7. The van der Waals surface area contributed by atoms with Crippen LogP contribution in [0.1, 0.15) is 85.8 Å². The maximum atomic E-state index is 16.1. The zero-order valence-corrected chi connectivity index (χ0v) is 52.2. The first-order valence-corrected chi connectivity index (χ1v) is 29.7. The number of methoxy groups -OCH3 is 4. The van der Waals surface area contributed by atoms with Gasteiger partial charge in [-0.1, -0.05) is 76.2 Å². The fraction of sp³-hybridized carbons (Fsp3) is 0.382. The smallest absolute Gasteiger partial charge is 0.414 e. The first kappa shape index (κ1) is 63.9. The molecule has 8 rings (SSSR count). The molecule has 0 unspecified atom stereocenters. The average Bonchev–Trinajstić information content (AvgIpc) is 2.12. The second kappa shape index (κ2) is 29.3.